The first kappa shape index (κ1) is 17.7. The predicted molar refractivity (Wildman–Crippen MR) is 91.2 cm³/mol. The Morgan fingerprint density at radius 1 is 1.29 bits per heavy atom. The second-order valence-electron chi connectivity index (χ2n) is 5.93. The molecule has 0 fully saturated rings. The minimum Gasteiger partial charge on any atom is -0.361 e. The van der Waals surface area contributed by atoms with E-state index in [1.807, 2.05) is 30.9 Å². The van der Waals surface area contributed by atoms with Crippen molar-refractivity contribution >= 4 is 5.91 Å². The first-order valence-corrected chi connectivity index (χ1v) is 8.23. The normalized spacial score (nSPS) is 10.4. The van der Waals surface area contributed by atoms with E-state index >= 15 is 0 Å². The van der Waals surface area contributed by atoms with Crippen molar-refractivity contribution in [1.82, 2.24) is 10.1 Å². The van der Waals surface area contributed by atoms with Crippen LogP contribution in [0, 0.1) is 25.2 Å². The van der Waals surface area contributed by atoms with E-state index in [2.05, 4.69) is 18.1 Å². The molecule has 1 aromatic heterocycles. The van der Waals surface area contributed by atoms with Crippen LogP contribution in [0.1, 0.15) is 47.9 Å². The third-order valence-electron chi connectivity index (χ3n) is 4.07. The second-order valence-corrected chi connectivity index (χ2v) is 5.93. The van der Waals surface area contributed by atoms with Gasteiger partial charge in [0.2, 0.25) is 5.91 Å². The molecular weight excluding hydrogens is 302 g/mol. The lowest BCUT2D eigenvalue weighted by Gasteiger charge is -2.22. The molecule has 0 atom stereocenters. The largest absolute Gasteiger partial charge is 0.361 e. The first-order valence-electron chi connectivity index (χ1n) is 8.23. The van der Waals surface area contributed by atoms with Gasteiger partial charge in [0.15, 0.2) is 0 Å². The SMILES string of the molecule is CCCN(Cc1ccc(C#N)cc1)C(=O)CCc1c(C)noc1C. The molecular formula is C19H23N3O2. The monoisotopic (exact) mass is 325 g/mol. The molecule has 0 aliphatic rings. The highest BCUT2D eigenvalue weighted by Gasteiger charge is 2.16. The van der Waals surface area contributed by atoms with Gasteiger partial charge in [-0.05, 0) is 44.4 Å². The summed E-state index contributed by atoms with van der Waals surface area (Å²) in [5.41, 5.74) is 3.55. The van der Waals surface area contributed by atoms with Crippen LogP contribution in [0.5, 0.6) is 0 Å². The molecule has 1 amide bonds. The lowest BCUT2D eigenvalue weighted by molar-refractivity contribution is -0.131. The van der Waals surface area contributed by atoms with Crippen molar-refractivity contribution < 1.29 is 9.32 Å². The van der Waals surface area contributed by atoms with Crippen LogP contribution in [0.25, 0.3) is 0 Å². The summed E-state index contributed by atoms with van der Waals surface area (Å²) in [6.07, 6.45) is 2.00. The zero-order valence-electron chi connectivity index (χ0n) is 14.5. The number of benzene rings is 1. The minimum atomic E-state index is 0.126. The third kappa shape index (κ3) is 4.45. The van der Waals surface area contributed by atoms with Crippen LogP contribution in [0.3, 0.4) is 0 Å². The molecule has 1 heterocycles. The van der Waals surface area contributed by atoms with Gasteiger partial charge in [0.25, 0.3) is 0 Å². The van der Waals surface area contributed by atoms with E-state index < -0.39 is 0 Å². The minimum absolute atomic E-state index is 0.126. The maximum absolute atomic E-state index is 12.6. The van der Waals surface area contributed by atoms with Gasteiger partial charge in [0.05, 0.1) is 17.3 Å². The molecule has 0 spiro atoms. The fourth-order valence-electron chi connectivity index (χ4n) is 2.72. The Bertz CT molecular complexity index is 707. The van der Waals surface area contributed by atoms with Crippen molar-refractivity contribution in [2.24, 2.45) is 0 Å². The first-order chi connectivity index (χ1) is 11.5. The molecule has 1 aromatic carbocycles. The number of rotatable bonds is 7. The molecule has 0 saturated carbocycles. The summed E-state index contributed by atoms with van der Waals surface area (Å²) < 4.78 is 5.15. The van der Waals surface area contributed by atoms with E-state index in [9.17, 15) is 4.79 Å². The molecule has 0 aliphatic carbocycles. The Morgan fingerprint density at radius 2 is 2.00 bits per heavy atom. The summed E-state index contributed by atoms with van der Waals surface area (Å²) in [6.45, 7) is 7.13. The van der Waals surface area contributed by atoms with Crippen LogP contribution >= 0.6 is 0 Å². The number of hydrogen-bond donors (Lipinski definition) is 0. The van der Waals surface area contributed by atoms with Crippen molar-refractivity contribution in [2.75, 3.05) is 6.54 Å². The molecule has 0 radical (unpaired) electrons. The highest BCUT2D eigenvalue weighted by molar-refractivity contribution is 5.76. The molecule has 2 rings (SSSR count). The predicted octanol–water partition coefficient (Wildman–Crippen LogP) is 3.53. The number of carbonyl (C=O) groups excluding carboxylic acids is 1. The number of amides is 1. The number of hydrogen-bond acceptors (Lipinski definition) is 4. The Hall–Kier alpha value is -2.61. The maximum atomic E-state index is 12.6. The lowest BCUT2D eigenvalue weighted by Crippen LogP contribution is -2.31. The molecule has 126 valence electrons. The summed E-state index contributed by atoms with van der Waals surface area (Å²) in [5, 5.41) is 12.8. The Morgan fingerprint density at radius 3 is 2.54 bits per heavy atom. The number of aryl methyl sites for hydroxylation is 2. The molecule has 0 aliphatic heterocycles. The smallest absolute Gasteiger partial charge is 0.223 e. The van der Waals surface area contributed by atoms with Gasteiger partial charge >= 0.3 is 0 Å². The van der Waals surface area contributed by atoms with Gasteiger partial charge in [-0.3, -0.25) is 4.79 Å². The van der Waals surface area contributed by atoms with Crippen molar-refractivity contribution in [1.29, 1.82) is 5.26 Å². The number of aromatic nitrogens is 1. The molecule has 24 heavy (non-hydrogen) atoms. The number of carbonyl (C=O) groups is 1. The molecule has 5 heteroatoms. The maximum Gasteiger partial charge on any atom is 0.223 e. The summed E-state index contributed by atoms with van der Waals surface area (Å²) in [4.78, 5) is 14.5. The average Bonchev–Trinajstić information content (AvgIpc) is 2.91. The summed E-state index contributed by atoms with van der Waals surface area (Å²) in [7, 11) is 0. The van der Waals surface area contributed by atoms with Gasteiger partial charge in [-0.1, -0.05) is 24.2 Å². The molecule has 0 bridgehead atoms. The van der Waals surface area contributed by atoms with Crippen LogP contribution in [-0.2, 0) is 17.8 Å². The van der Waals surface area contributed by atoms with Crippen molar-refractivity contribution in [3.63, 3.8) is 0 Å². The third-order valence-corrected chi connectivity index (χ3v) is 4.07. The number of nitrogens with zero attached hydrogens (tertiary/aromatic N) is 3. The zero-order valence-corrected chi connectivity index (χ0v) is 14.5. The highest BCUT2D eigenvalue weighted by atomic mass is 16.5. The van der Waals surface area contributed by atoms with E-state index in [1.54, 1.807) is 12.1 Å². The number of nitriles is 1. The van der Waals surface area contributed by atoms with E-state index in [4.69, 9.17) is 9.78 Å². The van der Waals surface area contributed by atoms with E-state index in [1.165, 1.54) is 0 Å². The molecule has 0 saturated heterocycles. The van der Waals surface area contributed by atoms with Gasteiger partial charge in [-0.25, -0.2) is 0 Å². The van der Waals surface area contributed by atoms with Gasteiger partial charge < -0.3 is 9.42 Å². The molecule has 0 unspecified atom stereocenters. The topological polar surface area (TPSA) is 70.1 Å². The summed E-state index contributed by atoms with van der Waals surface area (Å²) >= 11 is 0. The standard InChI is InChI=1S/C19H23N3O2/c1-4-11-22(13-17-7-5-16(12-20)6-8-17)19(23)10-9-18-14(2)21-24-15(18)3/h5-8H,4,9-11,13H2,1-3H3. The second kappa shape index (κ2) is 8.30. The van der Waals surface area contributed by atoms with Crippen molar-refractivity contribution in [3.05, 3.63) is 52.4 Å². The Labute approximate surface area is 142 Å². The molecule has 5 nitrogen and oxygen atoms in total. The van der Waals surface area contributed by atoms with Gasteiger partial charge in [0.1, 0.15) is 5.76 Å². The van der Waals surface area contributed by atoms with Gasteiger partial charge in [0, 0.05) is 25.1 Å². The highest BCUT2D eigenvalue weighted by Crippen LogP contribution is 2.16. The van der Waals surface area contributed by atoms with Crippen LogP contribution in [-0.4, -0.2) is 22.5 Å². The molecule has 2 aromatic rings. The summed E-state index contributed by atoms with van der Waals surface area (Å²) in [5.74, 6) is 0.913. The lowest BCUT2D eigenvalue weighted by atomic mass is 10.1. The van der Waals surface area contributed by atoms with E-state index in [0.717, 1.165) is 35.5 Å². The quantitative estimate of drug-likeness (QED) is 0.781. The Balaban J connectivity index is 2.00. The molecule has 0 N–H and O–H groups in total. The van der Waals surface area contributed by atoms with E-state index in [0.29, 0.717) is 24.9 Å². The Kier molecular flexibility index (Phi) is 6.14. The fraction of sp³-hybridized carbons (Fsp3) is 0.421. The van der Waals surface area contributed by atoms with Crippen LogP contribution in [0.2, 0.25) is 0 Å². The summed E-state index contributed by atoms with van der Waals surface area (Å²) in [6, 6.07) is 9.49. The van der Waals surface area contributed by atoms with Crippen LogP contribution in [0.15, 0.2) is 28.8 Å². The van der Waals surface area contributed by atoms with Crippen LogP contribution in [0.4, 0.5) is 0 Å². The van der Waals surface area contributed by atoms with Crippen LogP contribution < -0.4 is 0 Å². The van der Waals surface area contributed by atoms with Gasteiger partial charge in [-0.15, -0.1) is 0 Å². The van der Waals surface area contributed by atoms with Crippen molar-refractivity contribution in [2.45, 2.75) is 46.6 Å². The zero-order chi connectivity index (χ0) is 17.5. The van der Waals surface area contributed by atoms with E-state index in [-0.39, 0.29) is 5.91 Å². The fourth-order valence-corrected chi connectivity index (χ4v) is 2.72. The van der Waals surface area contributed by atoms with Gasteiger partial charge in [-0.2, -0.15) is 5.26 Å². The average molecular weight is 325 g/mol. The van der Waals surface area contributed by atoms with Crippen molar-refractivity contribution in [3.8, 4) is 6.07 Å².